The number of alkyl halides is 3. The topological polar surface area (TPSA) is 85.2 Å². The van der Waals surface area contributed by atoms with Gasteiger partial charge in [0, 0.05) is 0 Å². The van der Waals surface area contributed by atoms with E-state index < -0.39 is 23.6 Å². The van der Waals surface area contributed by atoms with Gasteiger partial charge < -0.3 is 10.6 Å². The third kappa shape index (κ3) is 6.33. The standard InChI is InChI=1S/C20H19F3N4O2/c1-2-27(12-18(28)25-16-9-5-3-7-14(16)11-24)13-19(29)26-17-10-6-4-8-15(17)20(21,22)23/h3-10H,2,12-13H2,1H3,(H,25,28)(H,26,29). The Labute approximate surface area is 165 Å². The molecule has 0 radical (unpaired) electrons. The second kappa shape index (κ2) is 9.71. The molecule has 6 nitrogen and oxygen atoms in total. The van der Waals surface area contributed by atoms with Crippen molar-refractivity contribution in [1.82, 2.24) is 4.90 Å². The van der Waals surface area contributed by atoms with Crippen molar-refractivity contribution in [2.24, 2.45) is 0 Å². The zero-order valence-corrected chi connectivity index (χ0v) is 15.6. The lowest BCUT2D eigenvalue weighted by Crippen LogP contribution is -2.39. The van der Waals surface area contributed by atoms with Crippen molar-refractivity contribution in [3.05, 3.63) is 59.7 Å². The van der Waals surface area contributed by atoms with Gasteiger partial charge in [-0.3, -0.25) is 14.5 Å². The molecule has 9 heteroatoms. The molecule has 2 aromatic rings. The molecule has 2 N–H and O–H groups in total. The van der Waals surface area contributed by atoms with Crippen molar-refractivity contribution in [3.63, 3.8) is 0 Å². The molecule has 0 saturated heterocycles. The average Bonchev–Trinajstić information content (AvgIpc) is 2.67. The van der Waals surface area contributed by atoms with Crippen LogP contribution >= 0.6 is 0 Å². The van der Waals surface area contributed by atoms with Crippen LogP contribution in [-0.4, -0.2) is 36.3 Å². The molecule has 0 unspecified atom stereocenters. The van der Waals surface area contributed by atoms with Crippen molar-refractivity contribution >= 4 is 23.2 Å². The lowest BCUT2D eigenvalue weighted by molar-refractivity contribution is -0.137. The highest BCUT2D eigenvalue weighted by Crippen LogP contribution is 2.34. The summed E-state index contributed by atoms with van der Waals surface area (Å²) in [5.41, 5.74) is -0.638. The Morgan fingerprint density at radius 2 is 1.48 bits per heavy atom. The number of anilines is 2. The number of nitrogens with one attached hydrogen (secondary N) is 2. The molecule has 2 aromatic carbocycles. The molecular formula is C20H19F3N4O2. The molecule has 0 aromatic heterocycles. The number of carbonyl (C=O) groups is 2. The van der Waals surface area contributed by atoms with Crippen LogP contribution in [-0.2, 0) is 15.8 Å². The van der Waals surface area contributed by atoms with E-state index in [-0.39, 0.29) is 18.8 Å². The minimum absolute atomic E-state index is 0.162. The highest BCUT2D eigenvalue weighted by Gasteiger charge is 2.33. The highest BCUT2D eigenvalue weighted by atomic mass is 19.4. The van der Waals surface area contributed by atoms with E-state index in [9.17, 15) is 22.8 Å². The van der Waals surface area contributed by atoms with Gasteiger partial charge in [-0.15, -0.1) is 0 Å². The number of rotatable bonds is 7. The molecule has 152 valence electrons. The van der Waals surface area contributed by atoms with E-state index in [0.717, 1.165) is 6.07 Å². The van der Waals surface area contributed by atoms with Crippen LogP contribution in [0.25, 0.3) is 0 Å². The van der Waals surface area contributed by atoms with Gasteiger partial charge >= 0.3 is 6.18 Å². The summed E-state index contributed by atoms with van der Waals surface area (Å²) < 4.78 is 39.1. The lowest BCUT2D eigenvalue weighted by atomic mass is 10.1. The number of amides is 2. The minimum Gasteiger partial charge on any atom is -0.324 e. The summed E-state index contributed by atoms with van der Waals surface area (Å²) in [5.74, 6) is -1.12. The number of benzene rings is 2. The summed E-state index contributed by atoms with van der Waals surface area (Å²) in [4.78, 5) is 25.9. The van der Waals surface area contributed by atoms with Crippen molar-refractivity contribution < 1.29 is 22.8 Å². The van der Waals surface area contributed by atoms with Crippen LogP contribution in [0.3, 0.4) is 0 Å². The van der Waals surface area contributed by atoms with E-state index in [1.54, 1.807) is 31.2 Å². The monoisotopic (exact) mass is 404 g/mol. The number of hydrogen-bond donors (Lipinski definition) is 2. The van der Waals surface area contributed by atoms with Crippen LogP contribution in [0.4, 0.5) is 24.5 Å². The van der Waals surface area contributed by atoms with Crippen molar-refractivity contribution in [1.29, 1.82) is 5.26 Å². The quantitative estimate of drug-likeness (QED) is 0.740. The van der Waals surface area contributed by atoms with Crippen LogP contribution < -0.4 is 10.6 Å². The Morgan fingerprint density at radius 1 is 0.966 bits per heavy atom. The van der Waals surface area contributed by atoms with Crippen LogP contribution in [0, 0.1) is 11.3 Å². The van der Waals surface area contributed by atoms with Gasteiger partial charge in [0.1, 0.15) is 6.07 Å². The largest absolute Gasteiger partial charge is 0.418 e. The fourth-order valence-corrected chi connectivity index (χ4v) is 2.59. The zero-order chi connectivity index (χ0) is 21.4. The number of para-hydroxylation sites is 2. The Kier molecular flexibility index (Phi) is 7.33. The van der Waals surface area contributed by atoms with Crippen LogP contribution in [0.15, 0.2) is 48.5 Å². The molecule has 0 aliphatic rings. The molecule has 29 heavy (non-hydrogen) atoms. The molecule has 0 bridgehead atoms. The summed E-state index contributed by atoms with van der Waals surface area (Å²) >= 11 is 0. The van der Waals surface area contributed by atoms with E-state index in [1.165, 1.54) is 23.1 Å². The molecule has 0 saturated carbocycles. The number of hydrogen-bond acceptors (Lipinski definition) is 4. The molecule has 0 spiro atoms. The second-order valence-corrected chi connectivity index (χ2v) is 6.10. The van der Waals surface area contributed by atoms with Crippen LogP contribution in [0.5, 0.6) is 0 Å². The van der Waals surface area contributed by atoms with E-state index >= 15 is 0 Å². The van der Waals surface area contributed by atoms with Gasteiger partial charge in [0.2, 0.25) is 11.8 Å². The number of halogens is 3. The van der Waals surface area contributed by atoms with E-state index in [0.29, 0.717) is 17.8 Å². The summed E-state index contributed by atoms with van der Waals surface area (Å²) in [5, 5.41) is 13.9. The minimum atomic E-state index is -4.59. The normalized spacial score (nSPS) is 11.0. The molecule has 0 fully saturated rings. The molecular weight excluding hydrogens is 385 g/mol. The fraction of sp³-hybridized carbons (Fsp3) is 0.250. The molecule has 2 rings (SSSR count). The zero-order valence-electron chi connectivity index (χ0n) is 15.6. The summed E-state index contributed by atoms with van der Waals surface area (Å²) in [7, 11) is 0. The smallest absolute Gasteiger partial charge is 0.324 e. The summed E-state index contributed by atoms with van der Waals surface area (Å²) in [6.07, 6.45) is -4.59. The van der Waals surface area contributed by atoms with Gasteiger partial charge in [0.25, 0.3) is 0 Å². The van der Waals surface area contributed by atoms with E-state index in [4.69, 9.17) is 5.26 Å². The summed E-state index contributed by atoms with van der Waals surface area (Å²) in [6, 6.07) is 13.1. The van der Waals surface area contributed by atoms with Crippen molar-refractivity contribution in [2.45, 2.75) is 13.1 Å². The molecule has 2 amide bonds. The SMILES string of the molecule is CCN(CC(=O)Nc1ccccc1C#N)CC(=O)Nc1ccccc1C(F)(F)F. The first-order valence-electron chi connectivity index (χ1n) is 8.72. The van der Waals surface area contributed by atoms with Crippen LogP contribution in [0.2, 0.25) is 0 Å². The predicted molar refractivity (Wildman–Crippen MR) is 102 cm³/mol. The Balaban J connectivity index is 1.99. The summed E-state index contributed by atoms with van der Waals surface area (Å²) in [6.45, 7) is 1.61. The van der Waals surface area contributed by atoms with E-state index in [1.807, 2.05) is 6.07 Å². The Morgan fingerprint density at radius 3 is 2.03 bits per heavy atom. The number of likely N-dealkylation sites (N-methyl/N-ethyl adjacent to an activating group) is 1. The highest BCUT2D eigenvalue weighted by molar-refractivity contribution is 5.95. The number of nitrogens with zero attached hydrogens (tertiary/aromatic N) is 2. The van der Waals surface area contributed by atoms with E-state index in [2.05, 4.69) is 10.6 Å². The molecule has 0 aliphatic carbocycles. The van der Waals surface area contributed by atoms with Gasteiger partial charge in [-0.2, -0.15) is 18.4 Å². The maximum atomic E-state index is 13.0. The van der Waals surface area contributed by atoms with Gasteiger partial charge in [-0.1, -0.05) is 31.2 Å². The van der Waals surface area contributed by atoms with Crippen molar-refractivity contribution in [2.75, 3.05) is 30.3 Å². The third-order valence-corrected chi connectivity index (χ3v) is 4.01. The maximum Gasteiger partial charge on any atom is 0.418 e. The first-order chi connectivity index (χ1) is 13.7. The maximum absolute atomic E-state index is 13.0. The van der Waals surface area contributed by atoms with Gasteiger partial charge in [-0.25, -0.2) is 0 Å². The predicted octanol–water partition coefficient (Wildman–Crippen LogP) is 3.48. The molecule has 0 aliphatic heterocycles. The van der Waals surface area contributed by atoms with Gasteiger partial charge in [0.05, 0.1) is 35.6 Å². The first kappa shape index (κ1) is 21.9. The lowest BCUT2D eigenvalue weighted by Gasteiger charge is -2.20. The Hall–Kier alpha value is -3.38. The fourth-order valence-electron chi connectivity index (χ4n) is 2.59. The van der Waals surface area contributed by atoms with Gasteiger partial charge in [0.15, 0.2) is 0 Å². The molecule has 0 atom stereocenters. The second-order valence-electron chi connectivity index (χ2n) is 6.10. The number of carbonyl (C=O) groups excluding carboxylic acids is 2. The van der Waals surface area contributed by atoms with Gasteiger partial charge in [-0.05, 0) is 30.8 Å². The van der Waals surface area contributed by atoms with Crippen molar-refractivity contribution in [3.8, 4) is 6.07 Å². The average molecular weight is 404 g/mol. The Bertz CT molecular complexity index is 922. The first-order valence-corrected chi connectivity index (χ1v) is 8.72. The number of nitriles is 1. The van der Waals surface area contributed by atoms with Crippen LogP contribution in [0.1, 0.15) is 18.1 Å². The molecule has 0 heterocycles. The third-order valence-electron chi connectivity index (χ3n) is 4.01.